The van der Waals surface area contributed by atoms with Gasteiger partial charge in [0.05, 0.1) is 108 Å². The summed E-state index contributed by atoms with van der Waals surface area (Å²) in [5.74, 6) is 0.141. The van der Waals surface area contributed by atoms with Gasteiger partial charge in [-0.2, -0.15) is 25.5 Å². The number of fused-ring (bicyclic) bond motifs is 1. The predicted octanol–water partition coefficient (Wildman–Crippen LogP) is 3.49. The summed E-state index contributed by atoms with van der Waals surface area (Å²) >= 11 is 0. The Morgan fingerprint density at radius 3 is 1.12 bits per heavy atom. The number of rotatable bonds is 15. The number of aliphatic hydroxyl groups excluding tert-OH is 5. The summed E-state index contributed by atoms with van der Waals surface area (Å²) in [5.41, 5.74) is 1.41. The van der Waals surface area contributed by atoms with Crippen LogP contribution in [0, 0.1) is 0 Å². The minimum Gasteiger partial charge on any atom is -0.391 e. The number of aromatic amines is 1. The highest BCUT2D eigenvalue weighted by atomic mass is 16.6. The third-order valence-corrected chi connectivity index (χ3v) is 17.5. The van der Waals surface area contributed by atoms with Crippen LogP contribution in [0.15, 0.2) is 229 Å². The first-order chi connectivity index (χ1) is 45.1. The highest BCUT2D eigenvalue weighted by molar-refractivity contribution is 5.73. The van der Waals surface area contributed by atoms with Gasteiger partial charge in [0.2, 0.25) is 17.2 Å². The maximum absolute atomic E-state index is 11.9. The van der Waals surface area contributed by atoms with Gasteiger partial charge >= 0.3 is 5.69 Å². The first kappa shape index (κ1) is 62.5. The number of H-pyrrole nitrogens is 1. The molecule has 0 bridgehead atoms. The zero-order chi connectivity index (χ0) is 63.6. The van der Waals surface area contributed by atoms with E-state index >= 15 is 0 Å². The summed E-state index contributed by atoms with van der Waals surface area (Å²) in [7, 11) is 0. The number of aliphatic hydroxyl groups is 5. The Bertz CT molecular complexity index is 3920. The Labute approximate surface area is 525 Å². The molecule has 10 heterocycles. The first-order valence-corrected chi connectivity index (χ1v) is 29.7. The second kappa shape index (κ2) is 27.4. The highest BCUT2D eigenvalue weighted by Gasteiger charge is 2.56. The highest BCUT2D eigenvalue weighted by Crippen LogP contribution is 2.48. The molecule has 11 aromatic rings. The molecule has 16 rings (SSSR count). The summed E-state index contributed by atoms with van der Waals surface area (Å²) in [4.78, 5) is 33.5. The van der Waals surface area contributed by atoms with Gasteiger partial charge in [-0.1, -0.05) is 164 Å². The van der Waals surface area contributed by atoms with Gasteiger partial charge in [0.15, 0.2) is 17.8 Å². The zero-order valence-electron chi connectivity index (χ0n) is 49.6. The molecule has 27 nitrogen and oxygen atoms in total. The average molecular weight is 1250 g/mol. The van der Waals surface area contributed by atoms with Gasteiger partial charge in [-0.15, -0.1) is 24.6 Å². The lowest BCUT2D eigenvalue weighted by molar-refractivity contribution is -0.259. The molecule has 0 amide bonds. The molecule has 6 aromatic carbocycles. The zero-order valence-corrected chi connectivity index (χ0v) is 49.6. The molecule has 5 saturated heterocycles. The van der Waals surface area contributed by atoms with Gasteiger partial charge in [-0.3, -0.25) is 14.3 Å². The summed E-state index contributed by atoms with van der Waals surface area (Å²) in [6, 6.07) is 58.4. The molecule has 0 aliphatic carbocycles. The van der Waals surface area contributed by atoms with Crippen molar-refractivity contribution in [3.63, 3.8) is 0 Å². The largest absolute Gasteiger partial charge is 0.391 e. The second-order valence-corrected chi connectivity index (χ2v) is 22.2. The fourth-order valence-corrected chi connectivity index (χ4v) is 12.1. The van der Waals surface area contributed by atoms with Gasteiger partial charge in [0.1, 0.15) is 23.7 Å². The lowest BCUT2D eigenvalue weighted by atomic mass is 9.84. The molecule has 92 heavy (non-hydrogen) atoms. The van der Waals surface area contributed by atoms with E-state index in [1.165, 1.54) is 43.9 Å². The van der Waals surface area contributed by atoms with Crippen molar-refractivity contribution >= 4 is 11.0 Å². The molecular weight excluding hydrogens is 1180 g/mol. The van der Waals surface area contributed by atoms with E-state index in [1.807, 2.05) is 176 Å². The van der Waals surface area contributed by atoms with Crippen LogP contribution in [0.1, 0.15) is 57.4 Å². The van der Waals surface area contributed by atoms with Crippen molar-refractivity contribution in [3.05, 3.63) is 268 Å². The molecule has 5 aliphatic rings. The molecule has 10 atom stereocenters. The van der Waals surface area contributed by atoms with E-state index in [4.69, 9.17) is 23.7 Å². The van der Waals surface area contributed by atoms with Crippen LogP contribution in [-0.2, 0) is 52.3 Å². The number of nitrogens with one attached hydrogen (secondary N) is 1. The monoisotopic (exact) mass is 1250 g/mol. The maximum Gasteiger partial charge on any atom is 0.330 e. The van der Waals surface area contributed by atoms with Gasteiger partial charge in [-0.25, -0.2) is 14.5 Å². The Hall–Kier alpha value is -9.65. The third-order valence-electron chi connectivity index (χ3n) is 17.5. The van der Waals surface area contributed by atoms with Crippen molar-refractivity contribution in [1.29, 1.82) is 0 Å². The van der Waals surface area contributed by atoms with E-state index in [9.17, 15) is 35.1 Å². The van der Waals surface area contributed by atoms with Crippen molar-refractivity contribution in [2.45, 2.75) is 58.2 Å². The van der Waals surface area contributed by atoms with Gasteiger partial charge in [0.25, 0.3) is 5.56 Å². The summed E-state index contributed by atoms with van der Waals surface area (Å²) in [6.45, 7) is 1.74. The molecule has 0 radical (unpaired) electrons. The molecule has 27 heteroatoms. The summed E-state index contributed by atoms with van der Waals surface area (Å²) in [5, 5.41) is 81.1. The normalized spacial score (nSPS) is 26.5. The fourth-order valence-electron chi connectivity index (χ4n) is 12.1. The standard InChI is InChI=1S/C16H15N3O2.C14H14N2O4.2C12H13N3O2.C11H12N4O2/c20-11-16(13(10-21-16)12-6-2-1-3-7-12)19-17-14-8-4-5-9-15(14)18-19;17-9-14(16-7-6-12(18)15-13(16)19)11(8-20-14)10-4-2-1-3-5-10;16-7-12(15-9-13-8-14-15)11(6-17-12)10-4-2-1-3-5-10;16-9-12(15-13-6-7-14-15)11(8-17-12)10-4-2-1-3-5-10;16-7-11(15-13-8-12-14-15)10(6-17-11)9-4-2-1-3-5-9/h1-9,13,20H,10-11H2;1-7,11,17H,8-9H2,(H,15,18,19);1-5,8-9,11,16H,6-7H2;1-7,11,16H,8-9H2;1-5,8,10,16H,6-7H2/t13-,16+;11-,14+;2*11-,12+;10-,11+/m11111/s1. The number of tetrazole rings is 1. The van der Waals surface area contributed by atoms with Crippen LogP contribution in [-0.4, -0.2) is 166 Å². The van der Waals surface area contributed by atoms with E-state index < -0.39 is 39.9 Å². The SMILES string of the molecule is O=c1ccn([C@@]2(CO)OC[C@@H]2c2ccccc2)c(=O)[nH]1.OC[C@]1(n2cncn2)OC[C@@H]1c1ccccc1.OC[C@]1(n2nc3ccccc3n2)OC[C@@H]1c1ccccc1.OC[C@]1(n2nccn2)OC[C@@H]1c1ccccc1.OC[C@]1(n2ncnn2)OC[C@@H]1c1ccccc1. The Kier molecular flexibility index (Phi) is 18.7. The van der Waals surface area contributed by atoms with E-state index in [0.717, 1.165) is 38.9 Å². The topological polar surface area (TPSA) is 338 Å². The van der Waals surface area contributed by atoms with Crippen LogP contribution in [0.25, 0.3) is 11.0 Å². The van der Waals surface area contributed by atoms with Crippen molar-refractivity contribution in [2.75, 3.05) is 66.1 Å². The molecule has 5 fully saturated rings. The Morgan fingerprint density at radius 1 is 0.413 bits per heavy atom. The number of hydrogen-bond acceptors (Lipinski definition) is 21. The van der Waals surface area contributed by atoms with Crippen molar-refractivity contribution in [3.8, 4) is 0 Å². The summed E-state index contributed by atoms with van der Waals surface area (Å²) < 4.78 is 30.8. The fraction of sp³-hybridized carbons (Fsp3) is 0.308. The van der Waals surface area contributed by atoms with Crippen molar-refractivity contribution in [1.82, 2.24) is 74.5 Å². The maximum atomic E-state index is 11.9. The molecule has 0 saturated carbocycles. The van der Waals surface area contributed by atoms with Crippen LogP contribution >= 0.6 is 0 Å². The summed E-state index contributed by atoms with van der Waals surface area (Å²) in [6.07, 6.45) is 8.88. The average Bonchev–Trinajstić information content (AvgIpc) is 1.65. The van der Waals surface area contributed by atoms with E-state index in [0.29, 0.717) is 33.0 Å². The quantitative estimate of drug-likeness (QED) is 0.0855. The van der Waals surface area contributed by atoms with Crippen LogP contribution in [0.4, 0.5) is 0 Å². The lowest BCUT2D eigenvalue weighted by Gasteiger charge is -2.48. The number of nitrogens with zero attached hydrogens (tertiary/aromatic N) is 14. The van der Waals surface area contributed by atoms with Crippen LogP contribution in [0.2, 0.25) is 0 Å². The van der Waals surface area contributed by atoms with Gasteiger partial charge in [-0.05, 0) is 45.2 Å². The third kappa shape index (κ3) is 11.7. The Morgan fingerprint density at radius 2 is 0.783 bits per heavy atom. The number of hydrogen-bond donors (Lipinski definition) is 6. The molecule has 0 spiro atoms. The second-order valence-electron chi connectivity index (χ2n) is 22.2. The van der Waals surface area contributed by atoms with Crippen LogP contribution in [0.3, 0.4) is 0 Å². The minimum absolute atomic E-state index is 0.0444. The predicted molar refractivity (Wildman–Crippen MR) is 328 cm³/mol. The first-order valence-electron chi connectivity index (χ1n) is 29.7. The van der Waals surface area contributed by atoms with Gasteiger partial charge < -0.3 is 49.2 Å². The van der Waals surface area contributed by atoms with Crippen molar-refractivity contribution in [2.24, 2.45) is 0 Å². The molecule has 5 aliphatic heterocycles. The molecule has 5 aromatic heterocycles. The molecule has 474 valence electrons. The van der Waals surface area contributed by atoms with Crippen molar-refractivity contribution < 1.29 is 49.2 Å². The molecule has 6 N–H and O–H groups in total. The van der Waals surface area contributed by atoms with E-state index in [1.54, 1.807) is 23.4 Å². The van der Waals surface area contributed by atoms with E-state index in [2.05, 4.69) is 50.9 Å². The van der Waals surface area contributed by atoms with Crippen LogP contribution in [0.5, 0.6) is 0 Å². The smallest absolute Gasteiger partial charge is 0.330 e. The molecular formula is C65H67N15O12. The van der Waals surface area contributed by atoms with Crippen LogP contribution < -0.4 is 11.2 Å². The Balaban J connectivity index is 0.000000111. The van der Waals surface area contributed by atoms with E-state index in [-0.39, 0.29) is 62.6 Å². The lowest BCUT2D eigenvalue weighted by Crippen LogP contribution is -2.60. The number of ether oxygens (including phenoxy) is 5. The molecule has 0 unspecified atom stereocenters. The number of benzene rings is 6. The number of aromatic nitrogens is 15. The minimum atomic E-state index is -1.15. The van der Waals surface area contributed by atoms with Gasteiger partial charge in [0, 0.05) is 12.3 Å².